The Labute approximate surface area is 112 Å². The van der Waals surface area contributed by atoms with E-state index in [9.17, 15) is 4.79 Å². The molecule has 0 aromatic rings. The highest BCUT2D eigenvalue weighted by atomic mass is 16.1. The lowest BCUT2D eigenvalue weighted by molar-refractivity contribution is -0.121. The molecule has 1 amide bonds. The molecule has 3 heteroatoms. The van der Waals surface area contributed by atoms with Crippen LogP contribution >= 0.6 is 0 Å². The van der Waals surface area contributed by atoms with Gasteiger partial charge >= 0.3 is 0 Å². The second-order valence-corrected chi connectivity index (χ2v) is 7.21. The molecule has 1 unspecified atom stereocenters. The van der Waals surface area contributed by atoms with Crippen molar-refractivity contribution in [1.82, 2.24) is 5.32 Å². The fourth-order valence-electron chi connectivity index (χ4n) is 2.98. The lowest BCUT2D eigenvalue weighted by atomic mass is 9.71. The zero-order chi connectivity index (χ0) is 13.9. The fourth-order valence-corrected chi connectivity index (χ4v) is 2.98. The van der Waals surface area contributed by atoms with Crippen molar-refractivity contribution in [3.8, 4) is 0 Å². The standard InChI is InChI=1S/C15H30N2O/c1-10(2)13(14(16)18)17-12-8-6-11(7-9-12)15(3,4)5/h10-13,17H,6-9H2,1-5H3,(H2,16,18). The maximum atomic E-state index is 11.4. The van der Waals surface area contributed by atoms with E-state index in [0.717, 1.165) is 5.92 Å². The molecule has 1 atom stereocenters. The quantitative estimate of drug-likeness (QED) is 0.810. The molecule has 0 spiro atoms. The summed E-state index contributed by atoms with van der Waals surface area (Å²) in [5.41, 5.74) is 5.86. The number of carbonyl (C=O) groups excluding carboxylic acids is 1. The summed E-state index contributed by atoms with van der Waals surface area (Å²) in [5.74, 6) is 0.854. The smallest absolute Gasteiger partial charge is 0.234 e. The number of hydrogen-bond donors (Lipinski definition) is 2. The molecule has 0 radical (unpaired) electrons. The molecule has 106 valence electrons. The number of carbonyl (C=O) groups is 1. The van der Waals surface area contributed by atoms with Crippen LogP contribution in [0.2, 0.25) is 0 Å². The van der Waals surface area contributed by atoms with Crippen LogP contribution in [-0.4, -0.2) is 18.0 Å². The van der Waals surface area contributed by atoms with E-state index in [1.165, 1.54) is 25.7 Å². The third-order valence-corrected chi connectivity index (χ3v) is 4.34. The summed E-state index contributed by atoms with van der Waals surface area (Å²) in [4.78, 5) is 11.4. The summed E-state index contributed by atoms with van der Waals surface area (Å²) in [6.07, 6.45) is 4.84. The second-order valence-electron chi connectivity index (χ2n) is 7.21. The highest BCUT2D eigenvalue weighted by Crippen LogP contribution is 2.37. The first-order valence-electron chi connectivity index (χ1n) is 7.27. The Kier molecular flexibility index (Phi) is 5.20. The second kappa shape index (κ2) is 6.05. The summed E-state index contributed by atoms with van der Waals surface area (Å²) < 4.78 is 0. The number of nitrogens with two attached hydrogens (primary N) is 1. The van der Waals surface area contributed by atoms with Crippen LogP contribution in [0.15, 0.2) is 0 Å². The Balaban J connectivity index is 2.46. The SMILES string of the molecule is CC(C)C(NC1CCC(C(C)(C)C)CC1)C(N)=O. The van der Waals surface area contributed by atoms with E-state index in [0.29, 0.717) is 11.5 Å². The van der Waals surface area contributed by atoms with Crippen molar-refractivity contribution in [3.05, 3.63) is 0 Å². The molecule has 1 rings (SSSR count). The van der Waals surface area contributed by atoms with Crippen LogP contribution < -0.4 is 11.1 Å². The lowest BCUT2D eigenvalue weighted by Gasteiger charge is -2.38. The summed E-state index contributed by atoms with van der Waals surface area (Å²) in [6, 6.07) is 0.282. The Morgan fingerprint density at radius 3 is 2.00 bits per heavy atom. The Bertz CT molecular complexity index is 273. The average Bonchev–Trinajstić information content (AvgIpc) is 2.24. The van der Waals surface area contributed by atoms with Crippen LogP contribution in [0.25, 0.3) is 0 Å². The van der Waals surface area contributed by atoms with E-state index in [1.807, 2.05) is 13.8 Å². The molecule has 1 saturated carbocycles. The number of primary amides is 1. The number of rotatable bonds is 4. The van der Waals surface area contributed by atoms with Crippen molar-refractivity contribution in [2.24, 2.45) is 23.0 Å². The molecule has 0 aromatic heterocycles. The predicted molar refractivity (Wildman–Crippen MR) is 76.2 cm³/mol. The normalized spacial score (nSPS) is 27.2. The number of hydrogen-bond acceptors (Lipinski definition) is 2. The highest BCUT2D eigenvalue weighted by Gasteiger charge is 2.31. The molecule has 0 heterocycles. The Morgan fingerprint density at radius 1 is 1.17 bits per heavy atom. The van der Waals surface area contributed by atoms with Gasteiger partial charge in [-0.2, -0.15) is 0 Å². The molecule has 1 fully saturated rings. The minimum absolute atomic E-state index is 0.179. The van der Waals surface area contributed by atoms with Gasteiger partial charge in [0.15, 0.2) is 0 Å². The van der Waals surface area contributed by atoms with Gasteiger partial charge in [0.05, 0.1) is 6.04 Å². The Morgan fingerprint density at radius 2 is 1.67 bits per heavy atom. The van der Waals surface area contributed by atoms with Crippen LogP contribution in [0, 0.1) is 17.3 Å². The first-order chi connectivity index (χ1) is 8.21. The van der Waals surface area contributed by atoms with Gasteiger partial charge in [-0.15, -0.1) is 0 Å². The van der Waals surface area contributed by atoms with E-state index in [4.69, 9.17) is 5.73 Å². The van der Waals surface area contributed by atoms with Crippen molar-refractivity contribution < 1.29 is 4.79 Å². The molecule has 1 aliphatic carbocycles. The van der Waals surface area contributed by atoms with Gasteiger partial charge in [-0.3, -0.25) is 4.79 Å². The minimum Gasteiger partial charge on any atom is -0.368 e. The zero-order valence-corrected chi connectivity index (χ0v) is 12.6. The maximum absolute atomic E-state index is 11.4. The maximum Gasteiger partial charge on any atom is 0.234 e. The summed E-state index contributed by atoms with van der Waals surface area (Å²) in [6.45, 7) is 11.1. The van der Waals surface area contributed by atoms with E-state index < -0.39 is 0 Å². The van der Waals surface area contributed by atoms with Crippen molar-refractivity contribution >= 4 is 5.91 Å². The van der Waals surface area contributed by atoms with Crippen molar-refractivity contribution in [2.75, 3.05) is 0 Å². The topological polar surface area (TPSA) is 55.1 Å². The third-order valence-electron chi connectivity index (χ3n) is 4.34. The van der Waals surface area contributed by atoms with Gasteiger partial charge in [-0.25, -0.2) is 0 Å². The number of amides is 1. The van der Waals surface area contributed by atoms with Gasteiger partial charge in [0.2, 0.25) is 5.91 Å². The molecule has 1 aliphatic rings. The average molecular weight is 254 g/mol. The van der Waals surface area contributed by atoms with Crippen LogP contribution in [0.3, 0.4) is 0 Å². The summed E-state index contributed by atoms with van der Waals surface area (Å²) in [7, 11) is 0. The zero-order valence-electron chi connectivity index (χ0n) is 12.6. The molecule has 18 heavy (non-hydrogen) atoms. The first-order valence-corrected chi connectivity index (χ1v) is 7.27. The minimum atomic E-state index is -0.219. The molecule has 0 aromatic carbocycles. The molecule has 0 bridgehead atoms. The van der Waals surface area contributed by atoms with Crippen molar-refractivity contribution in [1.29, 1.82) is 0 Å². The molecule has 3 N–H and O–H groups in total. The van der Waals surface area contributed by atoms with E-state index >= 15 is 0 Å². The third kappa shape index (κ3) is 4.27. The fraction of sp³-hybridized carbons (Fsp3) is 0.933. The van der Waals surface area contributed by atoms with Gasteiger partial charge in [-0.1, -0.05) is 34.6 Å². The van der Waals surface area contributed by atoms with E-state index in [2.05, 4.69) is 26.1 Å². The lowest BCUT2D eigenvalue weighted by Crippen LogP contribution is -2.50. The van der Waals surface area contributed by atoms with Crippen LogP contribution in [-0.2, 0) is 4.79 Å². The molecule has 0 saturated heterocycles. The van der Waals surface area contributed by atoms with E-state index in [-0.39, 0.29) is 17.9 Å². The molecular formula is C15H30N2O. The summed E-state index contributed by atoms with van der Waals surface area (Å²) in [5, 5.41) is 3.45. The molecule has 3 nitrogen and oxygen atoms in total. The first kappa shape index (κ1) is 15.5. The van der Waals surface area contributed by atoms with Gasteiger partial charge < -0.3 is 11.1 Å². The monoisotopic (exact) mass is 254 g/mol. The van der Waals surface area contributed by atoms with Gasteiger partial charge in [0, 0.05) is 6.04 Å². The van der Waals surface area contributed by atoms with Crippen LogP contribution in [0.5, 0.6) is 0 Å². The predicted octanol–water partition coefficient (Wildman–Crippen LogP) is 2.69. The Hall–Kier alpha value is -0.570. The van der Waals surface area contributed by atoms with Crippen LogP contribution in [0.4, 0.5) is 0 Å². The summed E-state index contributed by atoms with van der Waals surface area (Å²) >= 11 is 0. The van der Waals surface area contributed by atoms with E-state index in [1.54, 1.807) is 0 Å². The van der Waals surface area contributed by atoms with Crippen molar-refractivity contribution in [3.63, 3.8) is 0 Å². The van der Waals surface area contributed by atoms with Crippen molar-refractivity contribution in [2.45, 2.75) is 72.4 Å². The highest BCUT2D eigenvalue weighted by molar-refractivity contribution is 5.80. The number of nitrogens with one attached hydrogen (secondary N) is 1. The van der Waals surface area contributed by atoms with Crippen LogP contribution in [0.1, 0.15) is 60.3 Å². The largest absolute Gasteiger partial charge is 0.368 e. The van der Waals surface area contributed by atoms with Gasteiger partial charge in [0.1, 0.15) is 0 Å². The van der Waals surface area contributed by atoms with Gasteiger partial charge in [0.25, 0.3) is 0 Å². The molecular weight excluding hydrogens is 224 g/mol. The van der Waals surface area contributed by atoms with Gasteiger partial charge in [-0.05, 0) is 42.9 Å². The molecule has 0 aliphatic heterocycles.